The van der Waals surface area contributed by atoms with Crippen LogP contribution in [0.25, 0.3) is 0 Å². The average molecular weight is 216 g/mol. The van der Waals surface area contributed by atoms with Gasteiger partial charge in [0.1, 0.15) is 0 Å². The van der Waals surface area contributed by atoms with Gasteiger partial charge < -0.3 is 5.32 Å². The van der Waals surface area contributed by atoms with Crippen LogP contribution in [0.3, 0.4) is 0 Å². The molecule has 1 heterocycles. The summed E-state index contributed by atoms with van der Waals surface area (Å²) in [7, 11) is 0. The SMILES string of the molecule is CC(C)(CCl)CNC(=O)c1cn[nH]c1. The van der Waals surface area contributed by atoms with Gasteiger partial charge in [-0.25, -0.2) is 0 Å². The minimum absolute atomic E-state index is 0.0824. The number of alkyl halides is 1. The smallest absolute Gasteiger partial charge is 0.254 e. The summed E-state index contributed by atoms with van der Waals surface area (Å²) >= 11 is 5.73. The number of aromatic nitrogens is 2. The van der Waals surface area contributed by atoms with E-state index in [0.717, 1.165) is 0 Å². The lowest BCUT2D eigenvalue weighted by Gasteiger charge is -2.21. The molecule has 5 heteroatoms. The third kappa shape index (κ3) is 3.03. The first-order valence-corrected chi connectivity index (χ1v) is 4.91. The van der Waals surface area contributed by atoms with Crippen LogP contribution in [0, 0.1) is 5.41 Å². The molecule has 2 N–H and O–H groups in total. The van der Waals surface area contributed by atoms with Crippen molar-refractivity contribution < 1.29 is 4.79 Å². The van der Waals surface area contributed by atoms with Crippen molar-refractivity contribution in [3.63, 3.8) is 0 Å². The van der Waals surface area contributed by atoms with Gasteiger partial charge in [-0.1, -0.05) is 13.8 Å². The summed E-state index contributed by atoms with van der Waals surface area (Å²) < 4.78 is 0. The molecular formula is C9H14ClN3O. The molecule has 1 aromatic rings. The number of carbonyl (C=O) groups excluding carboxylic acids is 1. The second kappa shape index (κ2) is 4.46. The van der Waals surface area contributed by atoms with E-state index in [0.29, 0.717) is 18.0 Å². The van der Waals surface area contributed by atoms with Crippen molar-refractivity contribution in [1.29, 1.82) is 0 Å². The van der Waals surface area contributed by atoms with Gasteiger partial charge in [0.25, 0.3) is 5.91 Å². The molecule has 0 aromatic carbocycles. The van der Waals surface area contributed by atoms with Gasteiger partial charge in [0.15, 0.2) is 0 Å². The van der Waals surface area contributed by atoms with Gasteiger partial charge in [-0.2, -0.15) is 5.10 Å². The highest BCUT2D eigenvalue weighted by Gasteiger charge is 2.17. The molecule has 0 saturated heterocycles. The molecule has 0 saturated carbocycles. The minimum Gasteiger partial charge on any atom is -0.351 e. The summed E-state index contributed by atoms with van der Waals surface area (Å²) in [6, 6.07) is 0. The Morgan fingerprint density at radius 3 is 2.93 bits per heavy atom. The zero-order valence-electron chi connectivity index (χ0n) is 8.30. The van der Waals surface area contributed by atoms with E-state index in [9.17, 15) is 4.79 Å². The molecule has 0 atom stereocenters. The van der Waals surface area contributed by atoms with Crippen LogP contribution in [0.15, 0.2) is 12.4 Å². The first kappa shape index (κ1) is 11.0. The van der Waals surface area contributed by atoms with Crippen LogP contribution in [0.4, 0.5) is 0 Å². The molecular weight excluding hydrogens is 202 g/mol. The van der Waals surface area contributed by atoms with Crippen LogP contribution in [-0.4, -0.2) is 28.5 Å². The molecule has 0 aliphatic carbocycles. The van der Waals surface area contributed by atoms with E-state index in [-0.39, 0.29) is 11.3 Å². The number of rotatable bonds is 4. The van der Waals surface area contributed by atoms with Crippen molar-refractivity contribution in [1.82, 2.24) is 15.5 Å². The van der Waals surface area contributed by atoms with Crippen LogP contribution in [-0.2, 0) is 0 Å². The second-order valence-corrected chi connectivity index (χ2v) is 4.23. The summed E-state index contributed by atoms with van der Waals surface area (Å²) in [5, 5.41) is 9.07. The van der Waals surface area contributed by atoms with Gasteiger partial charge in [-0.15, -0.1) is 11.6 Å². The zero-order chi connectivity index (χ0) is 10.6. The Balaban J connectivity index is 2.43. The Morgan fingerprint density at radius 1 is 1.71 bits per heavy atom. The Bertz CT molecular complexity index is 295. The van der Waals surface area contributed by atoms with Gasteiger partial charge in [0, 0.05) is 18.6 Å². The van der Waals surface area contributed by atoms with Crippen LogP contribution in [0.1, 0.15) is 24.2 Å². The molecule has 1 rings (SSSR count). The normalized spacial score (nSPS) is 11.4. The number of hydrogen-bond acceptors (Lipinski definition) is 2. The van der Waals surface area contributed by atoms with Crippen molar-refractivity contribution in [2.75, 3.05) is 12.4 Å². The maximum absolute atomic E-state index is 11.5. The predicted octanol–water partition coefficient (Wildman–Crippen LogP) is 1.40. The lowest BCUT2D eigenvalue weighted by Crippen LogP contribution is -2.34. The zero-order valence-corrected chi connectivity index (χ0v) is 9.06. The molecule has 0 unspecified atom stereocenters. The van der Waals surface area contributed by atoms with Gasteiger partial charge >= 0.3 is 0 Å². The molecule has 0 radical (unpaired) electrons. The molecule has 78 valence electrons. The lowest BCUT2D eigenvalue weighted by atomic mass is 9.96. The van der Waals surface area contributed by atoms with E-state index in [1.807, 2.05) is 13.8 Å². The molecule has 0 bridgehead atoms. The van der Waals surface area contributed by atoms with E-state index < -0.39 is 0 Å². The van der Waals surface area contributed by atoms with Crippen LogP contribution < -0.4 is 5.32 Å². The minimum atomic E-state index is -0.128. The molecule has 0 aliphatic rings. The summed E-state index contributed by atoms with van der Waals surface area (Å²) in [6.45, 7) is 4.55. The van der Waals surface area contributed by atoms with Crippen molar-refractivity contribution in [3.05, 3.63) is 18.0 Å². The van der Waals surface area contributed by atoms with Gasteiger partial charge in [-0.05, 0) is 5.41 Å². The first-order valence-electron chi connectivity index (χ1n) is 4.38. The quantitative estimate of drug-likeness (QED) is 0.747. The lowest BCUT2D eigenvalue weighted by molar-refractivity contribution is 0.0940. The number of carbonyl (C=O) groups is 1. The van der Waals surface area contributed by atoms with E-state index in [4.69, 9.17) is 11.6 Å². The predicted molar refractivity (Wildman–Crippen MR) is 55.4 cm³/mol. The largest absolute Gasteiger partial charge is 0.351 e. The molecule has 0 fully saturated rings. The number of nitrogens with zero attached hydrogens (tertiary/aromatic N) is 1. The third-order valence-electron chi connectivity index (χ3n) is 1.85. The number of halogens is 1. The van der Waals surface area contributed by atoms with Crippen LogP contribution >= 0.6 is 11.6 Å². The van der Waals surface area contributed by atoms with Crippen molar-refractivity contribution in [3.8, 4) is 0 Å². The first-order chi connectivity index (χ1) is 6.55. The average Bonchev–Trinajstić information content (AvgIpc) is 2.67. The fourth-order valence-corrected chi connectivity index (χ4v) is 0.938. The fourth-order valence-electron chi connectivity index (χ4n) is 0.844. The van der Waals surface area contributed by atoms with Gasteiger partial charge in [0.05, 0.1) is 11.8 Å². The summed E-state index contributed by atoms with van der Waals surface area (Å²) in [5.41, 5.74) is 0.455. The Hall–Kier alpha value is -1.03. The molecule has 0 aliphatic heterocycles. The molecule has 4 nitrogen and oxygen atoms in total. The number of hydrogen-bond donors (Lipinski definition) is 2. The number of nitrogens with one attached hydrogen (secondary N) is 2. The Kier molecular flexibility index (Phi) is 3.52. The third-order valence-corrected chi connectivity index (χ3v) is 2.57. The van der Waals surface area contributed by atoms with Crippen LogP contribution in [0.2, 0.25) is 0 Å². The van der Waals surface area contributed by atoms with E-state index in [2.05, 4.69) is 15.5 Å². The highest BCUT2D eigenvalue weighted by molar-refractivity contribution is 6.18. The summed E-state index contributed by atoms with van der Waals surface area (Å²) in [5.74, 6) is 0.385. The number of amides is 1. The maximum Gasteiger partial charge on any atom is 0.254 e. The van der Waals surface area contributed by atoms with Gasteiger partial charge in [0.2, 0.25) is 0 Å². The van der Waals surface area contributed by atoms with E-state index in [1.54, 1.807) is 6.20 Å². The molecule has 0 spiro atoms. The van der Waals surface area contributed by atoms with E-state index in [1.165, 1.54) is 6.20 Å². The fraction of sp³-hybridized carbons (Fsp3) is 0.556. The number of aromatic amines is 1. The Labute approximate surface area is 88.0 Å². The molecule has 1 amide bonds. The topological polar surface area (TPSA) is 57.8 Å². The molecule has 1 aromatic heterocycles. The highest BCUT2D eigenvalue weighted by atomic mass is 35.5. The highest BCUT2D eigenvalue weighted by Crippen LogP contribution is 2.15. The van der Waals surface area contributed by atoms with Crippen molar-refractivity contribution in [2.24, 2.45) is 5.41 Å². The summed E-state index contributed by atoms with van der Waals surface area (Å²) in [4.78, 5) is 11.5. The van der Waals surface area contributed by atoms with Gasteiger partial charge in [-0.3, -0.25) is 9.89 Å². The maximum atomic E-state index is 11.5. The Morgan fingerprint density at radius 2 is 2.43 bits per heavy atom. The molecule has 14 heavy (non-hydrogen) atoms. The monoisotopic (exact) mass is 215 g/mol. The van der Waals surface area contributed by atoms with Crippen LogP contribution in [0.5, 0.6) is 0 Å². The van der Waals surface area contributed by atoms with Crippen molar-refractivity contribution in [2.45, 2.75) is 13.8 Å². The van der Waals surface area contributed by atoms with E-state index >= 15 is 0 Å². The standard InChI is InChI=1S/C9H14ClN3O/c1-9(2,5-10)6-11-8(14)7-3-12-13-4-7/h3-4H,5-6H2,1-2H3,(H,11,14)(H,12,13). The number of H-pyrrole nitrogens is 1. The second-order valence-electron chi connectivity index (χ2n) is 3.97. The van der Waals surface area contributed by atoms with Crippen molar-refractivity contribution >= 4 is 17.5 Å². The summed E-state index contributed by atoms with van der Waals surface area (Å²) in [6.07, 6.45) is 3.05.